The third-order valence-electron chi connectivity index (χ3n) is 5.30. The molecule has 0 aliphatic carbocycles. The van der Waals surface area contributed by atoms with Crippen molar-refractivity contribution in [2.24, 2.45) is 0 Å². The molecule has 2 rings (SSSR count). The van der Waals surface area contributed by atoms with Crippen LogP contribution in [0, 0.1) is 0 Å². The lowest BCUT2D eigenvalue weighted by Gasteiger charge is -2.44. The first-order valence-corrected chi connectivity index (χ1v) is 10.8. The zero-order valence-corrected chi connectivity index (χ0v) is 19.0. The summed E-state index contributed by atoms with van der Waals surface area (Å²) in [6.45, 7) is 3.07. The molecule has 0 fully saturated rings. The van der Waals surface area contributed by atoms with E-state index in [9.17, 15) is 24.3 Å². The fraction of sp³-hybridized carbons (Fsp3) is 0.333. The van der Waals surface area contributed by atoms with Crippen LogP contribution in [0.2, 0.25) is 0 Å². The number of carboxylic acid groups (broad SMARTS) is 2. The number of carbonyl (C=O) groups is 4. The van der Waals surface area contributed by atoms with Gasteiger partial charge in [0.15, 0.2) is 0 Å². The quantitative estimate of drug-likeness (QED) is 0.202. The number of aldehydes is 1. The highest BCUT2D eigenvalue weighted by molar-refractivity contribution is 5.94. The van der Waals surface area contributed by atoms with E-state index >= 15 is 0 Å². The van der Waals surface area contributed by atoms with Gasteiger partial charge < -0.3 is 25.6 Å². The van der Waals surface area contributed by atoms with E-state index in [-0.39, 0.29) is 6.42 Å². The summed E-state index contributed by atoms with van der Waals surface area (Å²) >= 11 is 0. The van der Waals surface area contributed by atoms with Crippen molar-refractivity contribution in [2.45, 2.75) is 50.5 Å². The zero-order chi connectivity index (χ0) is 25.1. The van der Waals surface area contributed by atoms with Gasteiger partial charge in [-0.1, -0.05) is 60.7 Å². The van der Waals surface area contributed by atoms with E-state index in [1.54, 1.807) is 24.4 Å². The van der Waals surface area contributed by atoms with Gasteiger partial charge in [0.2, 0.25) is 5.91 Å². The third-order valence-corrected chi connectivity index (χ3v) is 5.30. The molecule has 34 heavy (non-hydrogen) atoms. The topological polar surface area (TPSA) is 157 Å². The van der Waals surface area contributed by atoms with Gasteiger partial charge in [-0.05, 0) is 31.4 Å². The van der Waals surface area contributed by atoms with Crippen molar-refractivity contribution in [3.63, 3.8) is 0 Å². The number of imide groups is 1. The largest absolute Gasteiger partial charge is 0.465 e. The Morgan fingerprint density at radius 1 is 0.912 bits per heavy atom. The van der Waals surface area contributed by atoms with Gasteiger partial charge in [0.05, 0.1) is 12.1 Å². The standard InChI is InChI=1S/C24H30N4O6/c1-16(15-29)25-20(13-18-9-5-3-6-10-18)24(28-23(33)34,14-19-11-7-4-8-12-19)27-17(2)21(30)26-22(31)32/h3-12,15-17,20,25,27-28H,13-14H2,1-2H3,(H,26,30)(H,31,32)(H,33,34)/t16?,17-,20-,24?/m0/s1. The van der Waals surface area contributed by atoms with E-state index in [1.165, 1.54) is 6.92 Å². The molecule has 2 unspecified atom stereocenters. The number of amides is 3. The second kappa shape index (κ2) is 12.5. The van der Waals surface area contributed by atoms with Crippen molar-refractivity contribution in [3.05, 3.63) is 71.8 Å². The smallest absolute Gasteiger partial charge is 0.411 e. The van der Waals surface area contributed by atoms with Gasteiger partial charge in [-0.3, -0.25) is 15.4 Å². The molecule has 10 nitrogen and oxygen atoms in total. The van der Waals surface area contributed by atoms with Crippen molar-refractivity contribution in [1.29, 1.82) is 0 Å². The Balaban J connectivity index is 2.58. The second-order valence-electron chi connectivity index (χ2n) is 8.06. The molecule has 3 amide bonds. The zero-order valence-electron chi connectivity index (χ0n) is 19.0. The van der Waals surface area contributed by atoms with Gasteiger partial charge in [0.25, 0.3) is 0 Å². The molecule has 0 aliphatic rings. The fourth-order valence-corrected chi connectivity index (χ4v) is 3.80. The van der Waals surface area contributed by atoms with Crippen LogP contribution in [0.1, 0.15) is 25.0 Å². The Morgan fingerprint density at radius 3 is 1.97 bits per heavy atom. The van der Waals surface area contributed by atoms with Crippen molar-refractivity contribution in [3.8, 4) is 0 Å². The first kappa shape index (κ1) is 26.5. The number of carbonyl (C=O) groups excluding carboxylic acids is 2. The summed E-state index contributed by atoms with van der Waals surface area (Å²) in [4.78, 5) is 46.9. The van der Waals surface area contributed by atoms with Crippen LogP contribution in [-0.4, -0.2) is 58.4 Å². The van der Waals surface area contributed by atoms with Crippen LogP contribution in [0.5, 0.6) is 0 Å². The average molecular weight is 471 g/mol. The fourth-order valence-electron chi connectivity index (χ4n) is 3.80. The molecule has 0 bridgehead atoms. The van der Waals surface area contributed by atoms with Crippen LogP contribution >= 0.6 is 0 Å². The highest BCUT2D eigenvalue weighted by Gasteiger charge is 2.43. The number of hydrogen-bond donors (Lipinski definition) is 6. The molecular weight excluding hydrogens is 440 g/mol. The minimum atomic E-state index is -1.52. The van der Waals surface area contributed by atoms with Gasteiger partial charge in [0, 0.05) is 12.5 Å². The molecule has 10 heteroatoms. The van der Waals surface area contributed by atoms with Crippen molar-refractivity contribution < 1.29 is 29.4 Å². The Bertz CT molecular complexity index is 972. The first-order valence-electron chi connectivity index (χ1n) is 10.8. The van der Waals surface area contributed by atoms with E-state index in [1.807, 2.05) is 48.5 Å². The van der Waals surface area contributed by atoms with Crippen LogP contribution < -0.4 is 21.3 Å². The van der Waals surface area contributed by atoms with Crippen molar-refractivity contribution >= 4 is 24.4 Å². The molecule has 182 valence electrons. The Kier molecular flexibility index (Phi) is 9.72. The van der Waals surface area contributed by atoms with E-state index in [0.717, 1.165) is 11.1 Å². The molecule has 2 aromatic rings. The van der Waals surface area contributed by atoms with Crippen molar-refractivity contribution in [2.75, 3.05) is 0 Å². The SMILES string of the molecule is CC(C=O)N[C@@H](Cc1ccccc1)C(Cc1ccccc1)(NC(=O)O)N[C@@H](C)C(=O)NC(=O)O. The van der Waals surface area contributed by atoms with Crippen LogP contribution in [-0.2, 0) is 22.4 Å². The monoisotopic (exact) mass is 470 g/mol. The molecule has 2 aromatic carbocycles. The summed E-state index contributed by atoms with van der Waals surface area (Å²) in [7, 11) is 0. The molecule has 0 saturated heterocycles. The highest BCUT2D eigenvalue weighted by atomic mass is 16.4. The maximum atomic E-state index is 12.4. The number of hydrogen-bond acceptors (Lipinski definition) is 6. The third kappa shape index (κ3) is 7.98. The van der Waals surface area contributed by atoms with E-state index < -0.39 is 41.9 Å². The maximum Gasteiger partial charge on any atom is 0.411 e. The summed E-state index contributed by atoms with van der Waals surface area (Å²) in [6.07, 6.45) is -1.78. The van der Waals surface area contributed by atoms with Gasteiger partial charge in [-0.15, -0.1) is 0 Å². The number of benzene rings is 2. The molecule has 0 saturated carbocycles. The Hall–Kier alpha value is -3.76. The molecule has 6 N–H and O–H groups in total. The van der Waals surface area contributed by atoms with Crippen LogP contribution in [0.3, 0.4) is 0 Å². The van der Waals surface area contributed by atoms with E-state index in [2.05, 4.69) is 16.0 Å². The first-order chi connectivity index (χ1) is 16.1. The summed E-state index contributed by atoms with van der Waals surface area (Å²) in [6, 6.07) is 15.9. The summed E-state index contributed by atoms with van der Waals surface area (Å²) in [5.41, 5.74) is 0.121. The second-order valence-corrected chi connectivity index (χ2v) is 8.06. The maximum absolute atomic E-state index is 12.4. The molecule has 0 aliphatic heterocycles. The van der Waals surface area contributed by atoms with Gasteiger partial charge in [-0.25, -0.2) is 9.59 Å². The molecule has 4 atom stereocenters. The lowest BCUT2D eigenvalue weighted by Crippen LogP contribution is -2.74. The minimum Gasteiger partial charge on any atom is -0.465 e. The predicted molar refractivity (Wildman–Crippen MR) is 125 cm³/mol. The Morgan fingerprint density at radius 2 is 1.47 bits per heavy atom. The molecule has 0 spiro atoms. The Labute approximate surface area is 197 Å². The number of rotatable bonds is 12. The van der Waals surface area contributed by atoms with Crippen LogP contribution in [0.15, 0.2) is 60.7 Å². The predicted octanol–water partition coefficient (Wildman–Crippen LogP) is 1.75. The summed E-state index contributed by atoms with van der Waals surface area (Å²) in [5.74, 6) is -0.848. The normalized spacial score (nSPS) is 15.2. The molecule has 0 heterocycles. The highest BCUT2D eigenvalue weighted by Crippen LogP contribution is 2.21. The molecule has 0 radical (unpaired) electrons. The lowest BCUT2D eigenvalue weighted by molar-refractivity contribution is -0.123. The van der Waals surface area contributed by atoms with E-state index in [0.29, 0.717) is 12.7 Å². The van der Waals surface area contributed by atoms with E-state index in [4.69, 9.17) is 5.11 Å². The van der Waals surface area contributed by atoms with Crippen LogP contribution in [0.25, 0.3) is 0 Å². The summed E-state index contributed by atoms with van der Waals surface area (Å²) < 4.78 is 0. The molecule has 0 aromatic heterocycles. The minimum absolute atomic E-state index is 0.0981. The molecular formula is C24H30N4O6. The van der Waals surface area contributed by atoms with Crippen LogP contribution in [0.4, 0.5) is 9.59 Å². The summed E-state index contributed by atoms with van der Waals surface area (Å²) in [5, 5.41) is 29.2. The van der Waals surface area contributed by atoms with Gasteiger partial charge in [0.1, 0.15) is 11.9 Å². The van der Waals surface area contributed by atoms with Gasteiger partial charge in [-0.2, -0.15) is 0 Å². The van der Waals surface area contributed by atoms with Crippen molar-refractivity contribution in [1.82, 2.24) is 21.3 Å². The average Bonchev–Trinajstić information content (AvgIpc) is 2.78. The van der Waals surface area contributed by atoms with Gasteiger partial charge >= 0.3 is 12.2 Å². The lowest BCUT2D eigenvalue weighted by atomic mass is 9.86. The number of nitrogens with one attached hydrogen (secondary N) is 4.